The quantitative estimate of drug-likeness (QED) is 0.795. The molecule has 0 radical (unpaired) electrons. The molecular formula is C14H18N2O2. The molecule has 18 heavy (non-hydrogen) atoms. The monoisotopic (exact) mass is 246 g/mol. The Bertz CT molecular complexity index is 494. The molecule has 0 atom stereocenters. The first-order chi connectivity index (χ1) is 8.85. The van der Waals surface area contributed by atoms with Gasteiger partial charge in [0.2, 0.25) is 0 Å². The van der Waals surface area contributed by atoms with Crippen molar-refractivity contribution in [2.75, 3.05) is 20.2 Å². The molecule has 2 aromatic rings. The highest BCUT2D eigenvalue weighted by atomic mass is 16.5. The lowest BCUT2D eigenvalue weighted by Crippen LogP contribution is -2.16. The highest BCUT2D eigenvalue weighted by molar-refractivity contribution is 5.64. The molecule has 0 bridgehead atoms. The number of likely N-dealkylation sites (N-methyl/N-ethyl adjacent to an activating group) is 1. The predicted octanol–water partition coefficient (Wildman–Crippen LogP) is 2.50. The lowest BCUT2D eigenvalue weighted by atomic mass is 10.1. The van der Waals surface area contributed by atoms with Crippen molar-refractivity contribution in [1.29, 1.82) is 0 Å². The molecule has 96 valence electrons. The van der Waals surface area contributed by atoms with Crippen LogP contribution < -0.4 is 10.1 Å². The number of methoxy groups -OCH3 is 1. The van der Waals surface area contributed by atoms with E-state index in [1.54, 1.807) is 13.3 Å². The molecule has 0 unspecified atom stereocenters. The van der Waals surface area contributed by atoms with Gasteiger partial charge in [0.05, 0.1) is 18.9 Å². The van der Waals surface area contributed by atoms with Crippen molar-refractivity contribution < 1.29 is 9.15 Å². The Morgan fingerprint density at radius 3 is 2.94 bits per heavy atom. The zero-order chi connectivity index (χ0) is 12.8. The van der Waals surface area contributed by atoms with Crippen LogP contribution in [0, 0.1) is 0 Å². The third kappa shape index (κ3) is 2.90. The van der Waals surface area contributed by atoms with Gasteiger partial charge in [0.15, 0.2) is 11.7 Å². The fourth-order valence-corrected chi connectivity index (χ4v) is 1.77. The number of ether oxygens (including phenoxy) is 1. The van der Waals surface area contributed by atoms with E-state index in [0.29, 0.717) is 0 Å². The van der Waals surface area contributed by atoms with Crippen molar-refractivity contribution in [2.24, 2.45) is 0 Å². The van der Waals surface area contributed by atoms with Crippen molar-refractivity contribution in [3.8, 4) is 17.1 Å². The number of nitrogens with zero attached hydrogens (tertiary/aromatic N) is 1. The van der Waals surface area contributed by atoms with Crippen LogP contribution >= 0.6 is 0 Å². The number of rotatable bonds is 6. The second-order valence-electron chi connectivity index (χ2n) is 3.92. The fraction of sp³-hybridized carbons (Fsp3) is 0.357. The normalized spacial score (nSPS) is 10.6. The second-order valence-corrected chi connectivity index (χ2v) is 3.92. The summed E-state index contributed by atoms with van der Waals surface area (Å²) in [6, 6.07) is 7.77. The standard InChI is InChI=1S/C14H18N2O2/c1-3-15-9-8-14-16-10-13(18-14)11-6-4-5-7-12(11)17-2/h4-7,10,15H,3,8-9H2,1-2H3. The van der Waals surface area contributed by atoms with Crippen LogP contribution in [0.25, 0.3) is 11.3 Å². The Morgan fingerprint density at radius 1 is 1.33 bits per heavy atom. The lowest BCUT2D eigenvalue weighted by molar-refractivity contribution is 0.413. The third-order valence-corrected chi connectivity index (χ3v) is 2.69. The summed E-state index contributed by atoms with van der Waals surface area (Å²) < 4.78 is 11.0. The molecule has 0 amide bonds. The van der Waals surface area contributed by atoms with Gasteiger partial charge >= 0.3 is 0 Å². The SMILES string of the molecule is CCNCCc1ncc(-c2ccccc2OC)o1. The maximum Gasteiger partial charge on any atom is 0.196 e. The van der Waals surface area contributed by atoms with Gasteiger partial charge in [-0.25, -0.2) is 4.98 Å². The largest absolute Gasteiger partial charge is 0.496 e. The van der Waals surface area contributed by atoms with Crippen LogP contribution in [0.2, 0.25) is 0 Å². The minimum atomic E-state index is 0.747. The number of oxazole rings is 1. The molecule has 1 aromatic carbocycles. The van der Waals surface area contributed by atoms with Gasteiger partial charge < -0.3 is 14.5 Å². The maximum atomic E-state index is 5.73. The van der Waals surface area contributed by atoms with E-state index in [9.17, 15) is 0 Å². The van der Waals surface area contributed by atoms with Crippen LogP contribution in [-0.4, -0.2) is 25.2 Å². The Hall–Kier alpha value is -1.81. The van der Waals surface area contributed by atoms with E-state index in [0.717, 1.165) is 42.5 Å². The summed E-state index contributed by atoms with van der Waals surface area (Å²) in [7, 11) is 1.65. The smallest absolute Gasteiger partial charge is 0.196 e. The first-order valence-electron chi connectivity index (χ1n) is 6.14. The number of benzene rings is 1. The Balaban J connectivity index is 2.13. The van der Waals surface area contributed by atoms with Gasteiger partial charge in [0, 0.05) is 13.0 Å². The average molecular weight is 246 g/mol. The minimum Gasteiger partial charge on any atom is -0.496 e. The van der Waals surface area contributed by atoms with E-state index in [1.807, 2.05) is 24.3 Å². The molecule has 0 aliphatic rings. The van der Waals surface area contributed by atoms with Crippen LogP contribution in [0.15, 0.2) is 34.9 Å². The van der Waals surface area contributed by atoms with Crippen LogP contribution in [0.5, 0.6) is 5.75 Å². The summed E-state index contributed by atoms with van der Waals surface area (Å²) in [5.41, 5.74) is 0.933. The average Bonchev–Trinajstić information content (AvgIpc) is 2.88. The topological polar surface area (TPSA) is 47.3 Å². The minimum absolute atomic E-state index is 0.747. The van der Waals surface area contributed by atoms with Crippen molar-refractivity contribution in [1.82, 2.24) is 10.3 Å². The Kier molecular flexibility index (Phi) is 4.36. The molecular weight excluding hydrogens is 228 g/mol. The predicted molar refractivity (Wildman–Crippen MR) is 70.7 cm³/mol. The zero-order valence-electron chi connectivity index (χ0n) is 10.8. The number of nitrogens with one attached hydrogen (secondary N) is 1. The highest BCUT2D eigenvalue weighted by Gasteiger charge is 2.10. The van der Waals surface area contributed by atoms with Crippen molar-refractivity contribution in [3.63, 3.8) is 0 Å². The lowest BCUT2D eigenvalue weighted by Gasteiger charge is -2.04. The molecule has 4 heteroatoms. The molecule has 0 aliphatic heterocycles. The molecule has 2 rings (SSSR count). The van der Waals surface area contributed by atoms with Gasteiger partial charge in [-0.15, -0.1) is 0 Å². The molecule has 1 aromatic heterocycles. The number of aromatic nitrogens is 1. The van der Waals surface area contributed by atoms with E-state index < -0.39 is 0 Å². The molecule has 4 nitrogen and oxygen atoms in total. The van der Waals surface area contributed by atoms with Gasteiger partial charge in [-0.3, -0.25) is 0 Å². The van der Waals surface area contributed by atoms with Crippen LogP contribution in [-0.2, 0) is 6.42 Å². The van der Waals surface area contributed by atoms with Gasteiger partial charge in [0.25, 0.3) is 0 Å². The summed E-state index contributed by atoms with van der Waals surface area (Å²) in [6.45, 7) is 3.91. The molecule has 0 saturated heterocycles. The number of hydrogen-bond acceptors (Lipinski definition) is 4. The summed E-state index contributed by atoms with van der Waals surface area (Å²) in [5, 5.41) is 3.24. The van der Waals surface area contributed by atoms with Crippen molar-refractivity contribution in [2.45, 2.75) is 13.3 Å². The van der Waals surface area contributed by atoms with Crippen molar-refractivity contribution in [3.05, 3.63) is 36.4 Å². The fourth-order valence-electron chi connectivity index (χ4n) is 1.77. The zero-order valence-corrected chi connectivity index (χ0v) is 10.8. The summed E-state index contributed by atoms with van der Waals surface area (Å²) in [4.78, 5) is 4.28. The first-order valence-corrected chi connectivity index (χ1v) is 6.14. The number of para-hydroxylation sites is 1. The van der Waals surface area contributed by atoms with Crippen LogP contribution in [0.3, 0.4) is 0 Å². The van der Waals surface area contributed by atoms with E-state index >= 15 is 0 Å². The van der Waals surface area contributed by atoms with Crippen LogP contribution in [0.4, 0.5) is 0 Å². The first kappa shape index (κ1) is 12.6. The maximum absolute atomic E-state index is 5.73. The molecule has 0 aliphatic carbocycles. The molecule has 0 saturated carbocycles. The molecule has 1 heterocycles. The number of hydrogen-bond donors (Lipinski definition) is 1. The second kappa shape index (κ2) is 6.21. The van der Waals surface area contributed by atoms with Gasteiger partial charge in [0.1, 0.15) is 5.75 Å². The molecule has 0 spiro atoms. The highest BCUT2D eigenvalue weighted by Crippen LogP contribution is 2.29. The summed E-state index contributed by atoms with van der Waals surface area (Å²) in [5.74, 6) is 2.29. The van der Waals surface area contributed by atoms with Gasteiger partial charge in [-0.1, -0.05) is 19.1 Å². The summed E-state index contributed by atoms with van der Waals surface area (Å²) >= 11 is 0. The van der Waals surface area contributed by atoms with E-state index in [4.69, 9.17) is 9.15 Å². The van der Waals surface area contributed by atoms with Gasteiger partial charge in [-0.2, -0.15) is 0 Å². The molecule has 1 N–H and O–H groups in total. The molecule has 0 fully saturated rings. The van der Waals surface area contributed by atoms with E-state index in [1.165, 1.54) is 0 Å². The Morgan fingerprint density at radius 2 is 2.17 bits per heavy atom. The van der Waals surface area contributed by atoms with Crippen LogP contribution in [0.1, 0.15) is 12.8 Å². The third-order valence-electron chi connectivity index (χ3n) is 2.69. The van der Waals surface area contributed by atoms with Gasteiger partial charge in [-0.05, 0) is 18.7 Å². The van der Waals surface area contributed by atoms with E-state index in [2.05, 4.69) is 17.2 Å². The van der Waals surface area contributed by atoms with E-state index in [-0.39, 0.29) is 0 Å². The van der Waals surface area contributed by atoms with Crippen molar-refractivity contribution >= 4 is 0 Å². The summed E-state index contributed by atoms with van der Waals surface area (Å²) in [6.07, 6.45) is 2.54. The Labute approximate surface area is 107 Å².